The fourth-order valence-electron chi connectivity index (χ4n) is 1.15. The van der Waals surface area contributed by atoms with Crippen molar-refractivity contribution in [3.05, 3.63) is 0 Å². The average Bonchev–Trinajstić information content (AvgIpc) is 2.28. The number of hydrogen-bond donors (Lipinski definition) is 4. The first kappa shape index (κ1) is 16.2. The number of urea groups is 1. The molecule has 8 heteroatoms. The first-order chi connectivity index (χ1) is 8.47. The summed E-state index contributed by atoms with van der Waals surface area (Å²) in [5.41, 5.74) is 4.95. The van der Waals surface area contributed by atoms with E-state index < -0.39 is 18.1 Å². The molecule has 0 aromatic carbocycles. The van der Waals surface area contributed by atoms with E-state index in [2.05, 4.69) is 15.4 Å². The Bertz CT molecular complexity index is 295. The third-order valence-electron chi connectivity index (χ3n) is 2.14. The molecule has 0 heterocycles. The monoisotopic (exact) mass is 261 g/mol. The zero-order valence-electron chi connectivity index (χ0n) is 10.3. The summed E-state index contributed by atoms with van der Waals surface area (Å²) in [4.78, 5) is 32.2. The minimum absolute atomic E-state index is 0.112. The van der Waals surface area contributed by atoms with Crippen LogP contribution in [0.4, 0.5) is 4.79 Å². The largest absolute Gasteiger partial charge is 0.479 e. The fraction of sp³-hybridized carbons (Fsp3) is 0.700. The quantitative estimate of drug-likeness (QED) is 0.397. The number of nitrogens with one attached hydrogen (secondary N) is 2. The van der Waals surface area contributed by atoms with Gasteiger partial charge in [-0.1, -0.05) is 0 Å². The van der Waals surface area contributed by atoms with Gasteiger partial charge in [0.2, 0.25) is 5.91 Å². The molecule has 104 valence electrons. The van der Waals surface area contributed by atoms with Crippen LogP contribution < -0.4 is 16.4 Å². The smallest absolute Gasteiger partial charge is 0.334 e. The highest BCUT2D eigenvalue weighted by Gasteiger charge is 2.16. The van der Waals surface area contributed by atoms with Crippen LogP contribution in [0.3, 0.4) is 0 Å². The first-order valence-electron chi connectivity index (χ1n) is 5.53. The maximum atomic E-state index is 11.2. The van der Waals surface area contributed by atoms with Crippen molar-refractivity contribution in [1.29, 1.82) is 0 Å². The Kier molecular flexibility index (Phi) is 8.29. The van der Waals surface area contributed by atoms with Crippen LogP contribution in [0.2, 0.25) is 0 Å². The lowest BCUT2D eigenvalue weighted by molar-refractivity contribution is -0.148. The molecule has 0 radical (unpaired) electrons. The Hall–Kier alpha value is -1.83. The van der Waals surface area contributed by atoms with E-state index in [4.69, 9.17) is 10.8 Å². The third-order valence-corrected chi connectivity index (χ3v) is 2.14. The summed E-state index contributed by atoms with van der Waals surface area (Å²) in [6.07, 6.45) is 0.452. The summed E-state index contributed by atoms with van der Waals surface area (Å²) in [6.45, 7) is 0.281. The molecule has 0 saturated carbocycles. The summed E-state index contributed by atoms with van der Waals surface area (Å²) in [5.74, 6) is -1.51. The number of carboxylic acid groups (broad SMARTS) is 1. The number of ether oxygens (including phenoxy) is 1. The number of unbranched alkanes of at least 4 members (excludes halogenated alkanes) is 1. The van der Waals surface area contributed by atoms with E-state index in [9.17, 15) is 14.4 Å². The van der Waals surface area contributed by atoms with Crippen LogP contribution in [0.5, 0.6) is 0 Å². The lowest BCUT2D eigenvalue weighted by atomic mass is 10.2. The maximum Gasteiger partial charge on any atom is 0.334 e. The molecule has 0 rings (SSSR count). The topological polar surface area (TPSA) is 131 Å². The molecule has 8 nitrogen and oxygen atoms in total. The van der Waals surface area contributed by atoms with Crippen molar-refractivity contribution < 1.29 is 24.2 Å². The number of carbonyl (C=O) groups excluding carboxylic acids is 2. The number of amides is 3. The SMILES string of the molecule is COC(CNC(=O)NCCCCC(N)=O)C(=O)O. The minimum Gasteiger partial charge on any atom is -0.479 e. The van der Waals surface area contributed by atoms with Gasteiger partial charge in [-0.2, -0.15) is 0 Å². The number of carbonyl (C=O) groups is 3. The molecular formula is C10H19N3O5. The summed E-state index contributed by atoms with van der Waals surface area (Å²) >= 11 is 0. The molecule has 0 fully saturated rings. The number of hydrogen-bond acceptors (Lipinski definition) is 4. The van der Waals surface area contributed by atoms with Crippen LogP contribution in [-0.2, 0) is 14.3 Å². The number of carboxylic acids is 1. The molecule has 0 saturated heterocycles. The molecule has 1 atom stereocenters. The zero-order chi connectivity index (χ0) is 14.0. The molecule has 0 bridgehead atoms. The molecule has 3 amide bonds. The van der Waals surface area contributed by atoms with Gasteiger partial charge in [0, 0.05) is 20.1 Å². The normalized spacial score (nSPS) is 11.6. The van der Waals surface area contributed by atoms with E-state index in [1.165, 1.54) is 7.11 Å². The second-order valence-corrected chi connectivity index (χ2v) is 3.62. The van der Waals surface area contributed by atoms with E-state index in [0.29, 0.717) is 19.4 Å². The number of aliphatic carboxylic acids is 1. The summed E-state index contributed by atoms with van der Waals surface area (Å²) < 4.78 is 4.64. The van der Waals surface area contributed by atoms with Gasteiger partial charge in [-0.15, -0.1) is 0 Å². The van der Waals surface area contributed by atoms with E-state index >= 15 is 0 Å². The van der Waals surface area contributed by atoms with Gasteiger partial charge in [0.1, 0.15) is 0 Å². The Balaban J connectivity index is 3.59. The molecule has 0 aliphatic heterocycles. The van der Waals surface area contributed by atoms with Gasteiger partial charge < -0.3 is 26.2 Å². The van der Waals surface area contributed by atoms with Gasteiger partial charge in [0.15, 0.2) is 6.10 Å². The third kappa shape index (κ3) is 8.34. The number of primary amides is 1. The fourth-order valence-corrected chi connectivity index (χ4v) is 1.15. The number of rotatable bonds is 9. The first-order valence-corrected chi connectivity index (χ1v) is 5.53. The van der Waals surface area contributed by atoms with E-state index in [1.54, 1.807) is 0 Å². The molecule has 0 aliphatic carbocycles. The Labute approximate surface area is 105 Å². The Morgan fingerprint density at radius 2 is 1.94 bits per heavy atom. The minimum atomic E-state index is -1.14. The van der Waals surface area contributed by atoms with Gasteiger partial charge in [0.25, 0.3) is 0 Å². The van der Waals surface area contributed by atoms with Crippen molar-refractivity contribution in [2.45, 2.75) is 25.4 Å². The lowest BCUT2D eigenvalue weighted by Gasteiger charge is -2.12. The summed E-state index contributed by atoms with van der Waals surface area (Å²) in [7, 11) is 1.25. The lowest BCUT2D eigenvalue weighted by Crippen LogP contribution is -2.43. The van der Waals surface area contributed by atoms with Crippen molar-refractivity contribution in [1.82, 2.24) is 10.6 Å². The van der Waals surface area contributed by atoms with Crippen molar-refractivity contribution in [3.63, 3.8) is 0 Å². The van der Waals surface area contributed by atoms with Crippen LogP contribution >= 0.6 is 0 Å². The van der Waals surface area contributed by atoms with Crippen molar-refractivity contribution in [2.75, 3.05) is 20.2 Å². The van der Waals surface area contributed by atoms with Crippen LogP contribution in [0.1, 0.15) is 19.3 Å². The van der Waals surface area contributed by atoms with Crippen LogP contribution in [-0.4, -0.2) is 49.3 Å². The molecule has 5 N–H and O–H groups in total. The summed E-state index contributed by atoms with van der Waals surface area (Å²) in [6, 6.07) is -0.475. The maximum absolute atomic E-state index is 11.2. The number of methoxy groups -OCH3 is 1. The molecular weight excluding hydrogens is 242 g/mol. The second-order valence-electron chi connectivity index (χ2n) is 3.62. The molecule has 0 aromatic heterocycles. The van der Waals surface area contributed by atoms with Crippen molar-refractivity contribution >= 4 is 17.9 Å². The van der Waals surface area contributed by atoms with E-state index in [1.807, 2.05) is 0 Å². The van der Waals surface area contributed by atoms with Gasteiger partial charge >= 0.3 is 12.0 Å². The Morgan fingerprint density at radius 3 is 2.44 bits per heavy atom. The average molecular weight is 261 g/mol. The highest BCUT2D eigenvalue weighted by Crippen LogP contribution is 1.92. The van der Waals surface area contributed by atoms with Crippen molar-refractivity contribution in [2.24, 2.45) is 5.73 Å². The highest BCUT2D eigenvalue weighted by atomic mass is 16.5. The van der Waals surface area contributed by atoms with Gasteiger partial charge in [-0.25, -0.2) is 9.59 Å². The van der Waals surface area contributed by atoms with Gasteiger partial charge in [-0.3, -0.25) is 4.79 Å². The molecule has 0 aliphatic rings. The molecule has 0 aromatic rings. The van der Waals surface area contributed by atoms with E-state index in [0.717, 1.165) is 0 Å². The van der Waals surface area contributed by atoms with Crippen LogP contribution in [0, 0.1) is 0 Å². The van der Waals surface area contributed by atoms with Crippen LogP contribution in [0.15, 0.2) is 0 Å². The predicted molar refractivity (Wildman–Crippen MR) is 62.9 cm³/mol. The molecule has 0 spiro atoms. The number of nitrogens with two attached hydrogens (primary N) is 1. The van der Waals surface area contributed by atoms with E-state index in [-0.39, 0.29) is 18.9 Å². The second kappa shape index (κ2) is 9.23. The zero-order valence-corrected chi connectivity index (χ0v) is 10.3. The van der Waals surface area contributed by atoms with Crippen molar-refractivity contribution in [3.8, 4) is 0 Å². The standard InChI is InChI=1S/C10H19N3O5/c1-18-7(9(15)16)6-13-10(17)12-5-3-2-4-8(11)14/h7H,2-6H2,1H3,(H2,11,14)(H,15,16)(H2,12,13,17). The Morgan fingerprint density at radius 1 is 1.28 bits per heavy atom. The van der Waals surface area contributed by atoms with Gasteiger partial charge in [-0.05, 0) is 12.8 Å². The summed E-state index contributed by atoms with van der Waals surface area (Å²) in [5, 5.41) is 13.5. The highest BCUT2D eigenvalue weighted by molar-refractivity contribution is 5.76. The molecule has 18 heavy (non-hydrogen) atoms. The van der Waals surface area contributed by atoms with Gasteiger partial charge in [0.05, 0.1) is 6.54 Å². The predicted octanol–water partition coefficient (Wildman–Crippen LogP) is -0.959. The molecule has 1 unspecified atom stereocenters. The van der Waals surface area contributed by atoms with Crippen LogP contribution in [0.25, 0.3) is 0 Å².